The molecule has 6 nitrogen and oxygen atoms in total. The van der Waals surface area contributed by atoms with Gasteiger partial charge in [-0.1, -0.05) is 6.07 Å². The second-order valence-electron chi connectivity index (χ2n) is 5.37. The molecule has 1 aliphatic carbocycles. The topological polar surface area (TPSA) is 76.7 Å². The van der Waals surface area contributed by atoms with Crippen molar-refractivity contribution in [2.45, 2.75) is 19.3 Å². The summed E-state index contributed by atoms with van der Waals surface area (Å²) in [5.74, 6) is 0.195. The molecule has 0 bridgehead atoms. The van der Waals surface area contributed by atoms with Crippen LogP contribution in [0.25, 0.3) is 0 Å². The van der Waals surface area contributed by atoms with Gasteiger partial charge in [0.15, 0.2) is 0 Å². The molecule has 1 saturated carbocycles. The minimum Gasteiger partial charge on any atom is -0.497 e. The molecule has 1 aliphatic rings. The normalized spacial score (nSPS) is 15.0. The zero-order valence-electron chi connectivity index (χ0n) is 13.0. The molecular weight excluding hydrogens is 284 g/mol. The van der Waals surface area contributed by atoms with Crippen LogP contribution < -0.4 is 15.4 Å². The highest BCUT2D eigenvalue weighted by molar-refractivity contribution is 6.13. The third-order valence-corrected chi connectivity index (χ3v) is 3.76. The fourth-order valence-electron chi connectivity index (χ4n) is 2.22. The minimum absolute atomic E-state index is 0.205. The lowest BCUT2D eigenvalue weighted by Crippen LogP contribution is -2.40. The van der Waals surface area contributed by atoms with Crippen molar-refractivity contribution in [3.8, 4) is 5.75 Å². The Morgan fingerprint density at radius 3 is 2.64 bits per heavy atom. The van der Waals surface area contributed by atoms with Crippen molar-refractivity contribution in [1.82, 2.24) is 5.32 Å². The monoisotopic (exact) mass is 306 g/mol. The van der Waals surface area contributed by atoms with Gasteiger partial charge in [-0.25, -0.2) is 0 Å². The Morgan fingerprint density at radius 1 is 1.23 bits per heavy atom. The van der Waals surface area contributed by atoms with Crippen LogP contribution in [-0.4, -0.2) is 39.2 Å². The summed E-state index contributed by atoms with van der Waals surface area (Å²) >= 11 is 0. The Balaban J connectivity index is 1.91. The first-order valence-electron chi connectivity index (χ1n) is 7.35. The van der Waals surface area contributed by atoms with Crippen molar-refractivity contribution in [3.05, 3.63) is 24.3 Å². The first kappa shape index (κ1) is 16.3. The Labute approximate surface area is 130 Å². The van der Waals surface area contributed by atoms with Crippen LogP contribution in [-0.2, 0) is 14.3 Å². The van der Waals surface area contributed by atoms with Gasteiger partial charge in [-0.2, -0.15) is 0 Å². The van der Waals surface area contributed by atoms with Gasteiger partial charge in [-0.3, -0.25) is 9.59 Å². The van der Waals surface area contributed by atoms with E-state index in [2.05, 4.69) is 10.6 Å². The highest BCUT2D eigenvalue weighted by Crippen LogP contribution is 2.46. The summed E-state index contributed by atoms with van der Waals surface area (Å²) in [5, 5.41) is 5.60. The van der Waals surface area contributed by atoms with Crippen LogP contribution in [0.3, 0.4) is 0 Å². The largest absolute Gasteiger partial charge is 0.497 e. The van der Waals surface area contributed by atoms with Gasteiger partial charge in [0.1, 0.15) is 11.2 Å². The van der Waals surface area contributed by atoms with Gasteiger partial charge in [0.25, 0.3) is 0 Å². The van der Waals surface area contributed by atoms with Gasteiger partial charge >= 0.3 is 0 Å². The summed E-state index contributed by atoms with van der Waals surface area (Å²) in [6.45, 7) is 1.10. The van der Waals surface area contributed by atoms with Gasteiger partial charge in [-0.05, 0) is 31.4 Å². The van der Waals surface area contributed by atoms with Crippen LogP contribution in [0.1, 0.15) is 19.3 Å². The zero-order chi connectivity index (χ0) is 16.0. The standard InChI is InChI=1S/C16H22N2O4/c1-21-10-4-9-17-14(19)16(7-8-16)15(20)18-12-5-3-6-13(11-12)22-2/h3,5-6,11H,4,7-10H2,1-2H3,(H,17,19)(H,18,20). The summed E-state index contributed by atoms with van der Waals surface area (Å²) in [7, 11) is 3.18. The molecule has 2 amide bonds. The molecule has 0 aromatic heterocycles. The van der Waals surface area contributed by atoms with E-state index in [1.165, 1.54) is 0 Å². The van der Waals surface area contributed by atoms with E-state index in [1.807, 2.05) is 0 Å². The highest BCUT2D eigenvalue weighted by Gasteiger charge is 2.56. The van der Waals surface area contributed by atoms with Crippen molar-refractivity contribution in [2.75, 3.05) is 32.7 Å². The van der Waals surface area contributed by atoms with Crippen LogP contribution in [0, 0.1) is 5.41 Å². The fourth-order valence-corrected chi connectivity index (χ4v) is 2.22. The molecule has 1 aromatic rings. The predicted octanol–water partition coefficient (Wildman–Crippen LogP) is 1.57. The smallest absolute Gasteiger partial charge is 0.240 e. The molecular formula is C16H22N2O4. The Morgan fingerprint density at radius 2 is 2.00 bits per heavy atom. The van der Waals surface area contributed by atoms with Crippen LogP contribution in [0.2, 0.25) is 0 Å². The maximum atomic E-state index is 12.4. The molecule has 0 saturated heterocycles. The van der Waals surface area contributed by atoms with Crippen molar-refractivity contribution in [1.29, 1.82) is 0 Å². The predicted molar refractivity (Wildman–Crippen MR) is 82.8 cm³/mol. The molecule has 1 fully saturated rings. The van der Waals surface area contributed by atoms with Crippen LogP contribution >= 0.6 is 0 Å². The molecule has 0 radical (unpaired) electrons. The number of carbonyl (C=O) groups is 2. The lowest BCUT2D eigenvalue weighted by Gasteiger charge is -2.15. The van der Waals surface area contributed by atoms with E-state index in [0.717, 1.165) is 6.42 Å². The molecule has 0 heterocycles. The second kappa shape index (κ2) is 7.26. The average molecular weight is 306 g/mol. The Hall–Kier alpha value is -2.08. The first-order valence-corrected chi connectivity index (χ1v) is 7.35. The minimum atomic E-state index is -0.920. The lowest BCUT2D eigenvalue weighted by atomic mass is 10.0. The van der Waals surface area contributed by atoms with E-state index in [0.29, 0.717) is 37.4 Å². The molecule has 1 aromatic carbocycles. The molecule has 0 atom stereocenters. The van der Waals surface area contributed by atoms with Gasteiger partial charge in [0.05, 0.1) is 7.11 Å². The molecule has 0 unspecified atom stereocenters. The quantitative estimate of drug-likeness (QED) is 0.564. The van der Waals surface area contributed by atoms with Crippen molar-refractivity contribution in [3.63, 3.8) is 0 Å². The molecule has 0 spiro atoms. The van der Waals surface area contributed by atoms with Crippen LogP contribution in [0.15, 0.2) is 24.3 Å². The van der Waals surface area contributed by atoms with E-state index >= 15 is 0 Å². The number of carbonyl (C=O) groups excluding carboxylic acids is 2. The summed E-state index contributed by atoms with van der Waals surface area (Å²) in [6, 6.07) is 7.08. The number of hydrogen-bond acceptors (Lipinski definition) is 4. The van der Waals surface area contributed by atoms with Crippen LogP contribution in [0.4, 0.5) is 5.69 Å². The van der Waals surface area contributed by atoms with E-state index in [1.54, 1.807) is 38.5 Å². The average Bonchev–Trinajstić information content (AvgIpc) is 3.33. The van der Waals surface area contributed by atoms with E-state index in [-0.39, 0.29) is 11.8 Å². The zero-order valence-corrected chi connectivity index (χ0v) is 13.0. The number of methoxy groups -OCH3 is 2. The van der Waals surface area contributed by atoms with Crippen molar-refractivity contribution < 1.29 is 19.1 Å². The molecule has 22 heavy (non-hydrogen) atoms. The van der Waals surface area contributed by atoms with Crippen LogP contribution in [0.5, 0.6) is 5.75 Å². The Kier molecular flexibility index (Phi) is 5.38. The molecule has 2 rings (SSSR count). The molecule has 2 N–H and O–H groups in total. The molecule has 6 heteroatoms. The maximum absolute atomic E-state index is 12.4. The number of amides is 2. The highest BCUT2D eigenvalue weighted by atomic mass is 16.5. The van der Waals surface area contributed by atoms with E-state index in [4.69, 9.17) is 9.47 Å². The van der Waals surface area contributed by atoms with Crippen molar-refractivity contribution >= 4 is 17.5 Å². The fraction of sp³-hybridized carbons (Fsp3) is 0.500. The number of benzene rings is 1. The van der Waals surface area contributed by atoms with E-state index < -0.39 is 5.41 Å². The number of rotatable bonds is 8. The summed E-state index contributed by atoms with van der Waals surface area (Å²) in [6.07, 6.45) is 1.90. The number of hydrogen-bond donors (Lipinski definition) is 2. The molecule has 120 valence electrons. The SMILES string of the molecule is COCCCNC(=O)C1(C(=O)Nc2cccc(OC)c2)CC1. The Bertz CT molecular complexity index is 541. The third kappa shape index (κ3) is 3.76. The first-order chi connectivity index (χ1) is 10.6. The van der Waals surface area contributed by atoms with Gasteiger partial charge in [-0.15, -0.1) is 0 Å². The van der Waals surface area contributed by atoms with Gasteiger partial charge < -0.3 is 20.1 Å². The summed E-state index contributed by atoms with van der Waals surface area (Å²) in [5.41, 5.74) is -0.293. The third-order valence-electron chi connectivity index (χ3n) is 3.76. The lowest BCUT2D eigenvalue weighted by molar-refractivity contribution is -0.134. The summed E-state index contributed by atoms with van der Waals surface area (Å²) in [4.78, 5) is 24.6. The number of ether oxygens (including phenoxy) is 2. The summed E-state index contributed by atoms with van der Waals surface area (Å²) < 4.78 is 10.0. The van der Waals surface area contributed by atoms with Gasteiger partial charge in [0, 0.05) is 32.0 Å². The van der Waals surface area contributed by atoms with E-state index in [9.17, 15) is 9.59 Å². The van der Waals surface area contributed by atoms with Crippen molar-refractivity contribution in [2.24, 2.45) is 5.41 Å². The number of anilines is 1. The second-order valence-corrected chi connectivity index (χ2v) is 5.37. The van der Waals surface area contributed by atoms with Gasteiger partial charge in [0.2, 0.25) is 11.8 Å². The maximum Gasteiger partial charge on any atom is 0.240 e. The molecule has 0 aliphatic heterocycles. The number of nitrogens with one attached hydrogen (secondary N) is 2.